The SMILES string of the molecule is COc1ccccc1Sc1ccc(S(=O)c2ccccc2OC)cc1. The molecule has 0 amide bonds. The van der Waals surface area contributed by atoms with Crippen LogP contribution in [0.15, 0.2) is 92.4 Å². The minimum absolute atomic E-state index is 0.633. The number of benzene rings is 3. The van der Waals surface area contributed by atoms with Crippen molar-refractivity contribution in [3.05, 3.63) is 72.8 Å². The van der Waals surface area contributed by atoms with Crippen molar-refractivity contribution in [1.29, 1.82) is 0 Å². The molecule has 0 saturated heterocycles. The number of ether oxygens (including phenoxy) is 2. The van der Waals surface area contributed by atoms with Crippen molar-refractivity contribution in [3.8, 4) is 11.5 Å². The predicted octanol–water partition coefficient (Wildman–Crippen LogP) is 5.02. The molecule has 0 aliphatic carbocycles. The monoisotopic (exact) mass is 370 g/mol. The Morgan fingerprint density at radius 1 is 0.760 bits per heavy atom. The molecule has 0 saturated carbocycles. The van der Waals surface area contributed by atoms with E-state index in [0.717, 1.165) is 20.4 Å². The Morgan fingerprint density at radius 3 is 2.04 bits per heavy atom. The highest BCUT2D eigenvalue weighted by Gasteiger charge is 2.12. The van der Waals surface area contributed by atoms with Gasteiger partial charge < -0.3 is 9.47 Å². The Morgan fingerprint density at radius 2 is 1.36 bits per heavy atom. The van der Waals surface area contributed by atoms with E-state index in [2.05, 4.69) is 0 Å². The van der Waals surface area contributed by atoms with E-state index in [9.17, 15) is 4.21 Å². The third-order valence-corrected chi connectivity index (χ3v) is 6.11. The molecule has 0 aliphatic heterocycles. The minimum Gasteiger partial charge on any atom is -0.496 e. The van der Waals surface area contributed by atoms with Gasteiger partial charge in [-0.2, -0.15) is 0 Å². The zero-order valence-corrected chi connectivity index (χ0v) is 15.6. The minimum atomic E-state index is -1.28. The summed E-state index contributed by atoms with van der Waals surface area (Å²) in [5.41, 5.74) is 0. The van der Waals surface area contributed by atoms with Crippen LogP contribution in [-0.4, -0.2) is 18.4 Å². The van der Waals surface area contributed by atoms with Crippen LogP contribution in [-0.2, 0) is 10.8 Å². The Labute approximate surface area is 154 Å². The fraction of sp³-hybridized carbons (Fsp3) is 0.100. The molecule has 1 unspecified atom stereocenters. The molecule has 0 radical (unpaired) electrons. The Bertz CT molecular complexity index is 876. The summed E-state index contributed by atoms with van der Waals surface area (Å²) in [7, 11) is 1.97. The van der Waals surface area contributed by atoms with E-state index >= 15 is 0 Å². The van der Waals surface area contributed by atoms with E-state index < -0.39 is 10.8 Å². The average Bonchev–Trinajstić information content (AvgIpc) is 2.68. The molecule has 0 aromatic heterocycles. The number of para-hydroxylation sites is 2. The van der Waals surface area contributed by atoms with Crippen LogP contribution in [0.5, 0.6) is 11.5 Å². The van der Waals surface area contributed by atoms with Gasteiger partial charge in [-0.25, -0.2) is 4.21 Å². The van der Waals surface area contributed by atoms with Crippen LogP contribution in [0.2, 0.25) is 0 Å². The van der Waals surface area contributed by atoms with Gasteiger partial charge >= 0.3 is 0 Å². The number of methoxy groups -OCH3 is 2. The van der Waals surface area contributed by atoms with Crippen molar-refractivity contribution < 1.29 is 13.7 Å². The van der Waals surface area contributed by atoms with Crippen LogP contribution in [0.4, 0.5) is 0 Å². The molecule has 3 rings (SSSR count). The third-order valence-electron chi connectivity index (χ3n) is 3.60. The summed E-state index contributed by atoms with van der Waals surface area (Å²) in [6.45, 7) is 0. The van der Waals surface area contributed by atoms with Gasteiger partial charge in [0.05, 0.1) is 34.8 Å². The summed E-state index contributed by atoms with van der Waals surface area (Å²) in [5, 5.41) is 0. The quantitative estimate of drug-likeness (QED) is 0.610. The standard InChI is InChI=1S/C20H18O3S2/c1-22-17-7-3-5-9-19(17)24-15-11-13-16(14-12-15)25(21)20-10-6-4-8-18(20)23-2/h3-14H,1-2H3. The van der Waals surface area contributed by atoms with Crippen molar-refractivity contribution in [2.45, 2.75) is 19.6 Å². The fourth-order valence-electron chi connectivity index (χ4n) is 2.36. The molecule has 0 bridgehead atoms. The second-order valence-electron chi connectivity index (χ2n) is 5.14. The van der Waals surface area contributed by atoms with E-state index in [-0.39, 0.29) is 0 Å². The van der Waals surface area contributed by atoms with E-state index in [1.807, 2.05) is 72.8 Å². The van der Waals surface area contributed by atoms with Crippen LogP contribution in [0.1, 0.15) is 0 Å². The molecular weight excluding hydrogens is 352 g/mol. The second-order valence-corrected chi connectivity index (χ2v) is 7.71. The highest BCUT2D eigenvalue weighted by molar-refractivity contribution is 7.99. The molecular formula is C20H18O3S2. The molecule has 3 nitrogen and oxygen atoms in total. The summed E-state index contributed by atoms with van der Waals surface area (Å²) >= 11 is 1.61. The van der Waals surface area contributed by atoms with E-state index in [0.29, 0.717) is 10.6 Å². The molecule has 0 spiro atoms. The first-order chi connectivity index (χ1) is 12.2. The van der Waals surface area contributed by atoms with Gasteiger partial charge in [0.25, 0.3) is 0 Å². The molecule has 25 heavy (non-hydrogen) atoms. The first-order valence-corrected chi connectivity index (χ1v) is 9.65. The van der Waals surface area contributed by atoms with Crippen molar-refractivity contribution in [3.63, 3.8) is 0 Å². The molecule has 0 heterocycles. The lowest BCUT2D eigenvalue weighted by molar-refractivity contribution is 0.404. The highest BCUT2D eigenvalue weighted by atomic mass is 32.2. The Kier molecular flexibility index (Phi) is 5.79. The first kappa shape index (κ1) is 17.6. The van der Waals surface area contributed by atoms with Crippen molar-refractivity contribution in [2.75, 3.05) is 14.2 Å². The zero-order valence-electron chi connectivity index (χ0n) is 14.0. The lowest BCUT2D eigenvalue weighted by Crippen LogP contribution is -1.96. The van der Waals surface area contributed by atoms with Crippen LogP contribution >= 0.6 is 11.8 Å². The summed E-state index contributed by atoms with van der Waals surface area (Å²) in [6.07, 6.45) is 0. The largest absolute Gasteiger partial charge is 0.496 e. The molecule has 0 fully saturated rings. The summed E-state index contributed by atoms with van der Waals surface area (Å²) < 4.78 is 23.5. The van der Waals surface area contributed by atoms with Gasteiger partial charge in [0, 0.05) is 9.79 Å². The molecule has 3 aromatic carbocycles. The molecule has 1 atom stereocenters. The summed E-state index contributed by atoms with van der Waals surface area (Å²) in [6, 6.07) is 23.0. The van der Waals surface area contributed by atoms with Gasteiger partial charge in [0.15, 0.2) is 0 Å². The van der Waals surface area contributed by atoms with Gasteiger partial charge in [-0.15, -0.1) is 0 Å². The summed E-state index contributed by atoms with van der Waals surface area (Å²) in [4.78, 5) is 3.53. The molecule has 5 heteroatoms. The lowest BCUT2D eigenvalue weighted by Gasteiger charge is -2.09. The Hall–Kier alpha value is -2.24. The first-order valence-electron chi connectivity index (χ1n) is 7.68. The summed E-state index contributed by atoms with van der Waals surface area (Å²) in [5.74, 6) is 1.47. The predicted molar refractivity (Wildman–Crippen MR) is 101 cm³/mol. The average molecular weight is 370 g/mol. The smallest absolute Gasteiger partial charge is 0.135 e. The van der Waals surface area contributed by atoms with Gasteiger partial charge in [0.1, 0.15) is 11.5 Å². The molecule has 0 N–H and O–H groups in total. The lowest BCUT2D eigenvalue weighted by atomic mass is 10.3. The maximum absolute atomic E-state index is 12.8. The number of rotatable bonds is 6. The highest BCUT2D eigenvalue weighted by Crippen LogP contribution is 2.35. The molecule has 128 valence electrons. The Balaban J connectivity index is 1.81. The third kappa shape index (κ3) is 4.06. The molecule has 3 aromatic rings. The number of hydrogen-bond donors (Lipinski definition) is 0. The normalized spacial score (nSPS) is 11.8. The van der Waals surface area contributed by atoms with Crippen molar-refractivity contribution in [1.82, 2.24) is 0 Å². The van der Waals surface area contributed by atoms with Gasteiger partial charge in [-0.05, 0) is 48.5 Å². The zero-order chi connectivity index (χ0) is 17.6. The van der Waals surface area contributed by atoms with E-state index in [1.165, 1.54) is 0 Å². The van der Waals surface area contributed by atoms with Crippen molar-refractivity contribution in [2.24, 2.45) is 0 Å². The fourth-order valence-corrected chi connectivity index (χ4v) is 4.46. The maximum atomic E-state index is 12.8. The van der Waals surface area contributed by atoms with Crippen molar-refractivity contribution >= 4 is 22.6 Å². The second kappa shape index (κ2) is 8.23. The maximum Gasteiger partial charge on any atom is 0.135 e. The van der Waals surface area contributed by atoms with Gasteiger partial charge in [-0.1, -0.05) is 36.0 Å². The number of hydrogen-bond acceptors (Lipinski definition) is 4. The van der Waals surface area contributed by atoms with Crippen LogP contribution in [0.3, 0.4) is 0 Å². The van der Waals surface area contributed by atoms with Crippen LogP contribution in [0.25, 0.3) is 0 Å². The molecule has 0 aliphatic rings. The van der Waals surface area contributed by atoms with Gasteiger partial charge in [0.2, 0.25) is 0 Å². The van der Waals surface area contributed by atoms with E-state index in [1.54, 1.807) is 26.0 Å². The van der Waals surface area contributed by atoms with Gasteiger partial charge in [-0.3, -0.25) is 0 Å². The van der Waals surface area contributed by atoms with E-state index in [4.69, 9.17) is 9.47 Å². The van der Waals surface area contributed by atoms with Crippen LogP contribution < -0.4 is 9.47 Å². The van der Waals surface area contributed by atoms with Crippen LogP contribution in [0, 0.1) is 0 Å². The topological polar surface area (TPSA) is 35.5 Å².